The normalized spacial score (nSPS) is 12.3. The Bertz CT molecular complexity index is 853. The van der Waals surface area contributed by atoms with Crippen molar-refractivity contribution in [2.75, 3.05) is 13.7 Å². The molecule has 0 aliphatic rings. The minimum absolute atomic E-state index is 0.108. The lowest BCUT2D eigenvalue weighted by Gasteiger charge is -2.17. The average molecular weight is 323 g/mol. The summed E-state index contributed by atoms with van der Waals surface area (Å²) in [4.78, 5) is 16.5. The fourth-order valence-electron chi connectivity index (χ4n) is 2.93. The van der Waals surface area contributed by atoms with Gasteiger partial charge in [0.05, 0.1) is 11.0 Å². The van der Waals surface area contributed by atoms with Crippen LogP contribution in [-0.4, -0.2) is 34.2 Å². The zero-order valence-corrected chi connectivity index (χ0v) is 13.9. The number of aromatic nitrogens is 2. The van der Waals surface area contributed by atoms with E-state index in [1.54, 1.807) is 19.2 Å². The van der Waals surface area contributed by atoms with Gasteiger partial charge >= 0.3 is 0 Å². The topological polar surface area (TPSA) is 67.2 Å². The second kappa shape index (κ2) is 6.84. The second-order valence-electron chi connectivity index (χ2n) is 5.81. The maximum absolute atomic E-state index is 11.7. The minimum Gasteiger partial charge on any atom is -0.396 e. The lowest BCUT2D eigenvalue weighted by atomic mass is 10.1. The van der Waals surface area contributed by atoms with Crippen molar-refractivity contribution in [3.63, 3.8) is 0 Å². The van der Waals surface area contributed by atoms with Gasteiger partial charge in [0.2, 0.25) is 0 Å². The SMILES string of the molecule is CNC(=O)c1ccc(-c2nc3ccccc3n2C(C)CCO)cc1. The number of benzene rings is 2. The number of carbonyl (C=O) groups is 1. The highest BCUT2D eigenvalue weighted by atomic mass is 16.3. The first-order chi connectivity index (χ1) is 11.7. The van der Waals surface area contributed by atoms with Gasteiger partial charge < -0.3 is 15.0 Å². The van der Waals surface area contributed by atoms with Crippen LogP contribution in [0, 0.1) is 0 Å². The lowest BCUT2D eigenvalue weighted by molar-refractivity contribution is 0.0963. The van der Waals surface area contributed by atoms with E-state index in [1.165, 1.54) is 0 Å². The number of nitrogens with one attached hydrogen (secondary N) is 1. The standard InChI is InChI=1S/C19H21N3O2/c1-13(11-12-23)22-17-6-4-3-5-16(17)21-18(22)14-7-9-15(10-8-14)19(24)20-2/h3-10,13,23H,11-12H2,1-2H3,(H,20,24). The molecule has 2 N–H and O–H groups in total. The molecule has 3 rings (SSSR count). The van der Waals surface area contributed by atoms with Crippen molar-refractivity contribution in [3.05, 3.63) is 54.1 Å². The second-order valence-corrected chi connectivity index (χ2v) is 5.81. The maximum Gasteiger partial charge on any atom is 0.251 e. The molecule has 0 bridgehead atoms. The van der Waals surface area contributed by atoms with E-state index in [2.05, 4.69) is 16.8 Å². The van der Waals surface area contributed by atoms with Gasteiger partial charge in [0.25, 0.3) is 5.91 Å². The van der Waals surface area contributed by atoms with Crippen LogP contribution in [0.1, 0.15) is 29.7 Å². The Morgan fingerprint density at radius 2 is 1.92 bits per heavy atom. The number of para-hydroxylation sites is 2. The third-order valence-electron chi connectivity index (χ3n) is 4.22. The number of hydrogen-bond acceptors (Lipinski definition) is 3. The summed E-state index contributed by atoms with van der Waals surface area (Å²) >= 11 is 0. The van der Waals surface area contributed by atoms with Crippen LogP contribution in [-0.2, 0) is 0 Å². The Hall–Kier alpha value is -2.66. The van der Waals surface area contributed by atoms with Crippen LogP contribution < -0.4 is 5.32 Å². The van der Waals surface area contributed by atoms with Crippen LogP contribution in [0.4, 0.5) is 0 Å². The summed E-state index contributed by atoms with van der Waals surface area (Å²) in [6.45, 7) is 2.20. The molecule has 0 spiro atoms. The van der Waals surface area contributed by atoms with Crippen LogP contribution >= 0.6 is 0 Å². The fourth-order valence-corrected chi connectivity index (χ4v) is 2.93. The average Bonchev–Trinajstić information content (AvgIpc) is 3.01. The number of aliphatic hydroxyl groups is 1. The first-order valence-corrected chi connectivity index (χ1v) is 8.06. The highest BCUT2D eigenvalue weighted by Gasteiger charge is 2.17. The van der Waals surface area contributed by atoms with E-state index in [4.69, 9.17) is 4.98 Å². The van der Waals surface area contributed by atoms with Gasteiger partial charge in [-0.2, -0.15) is 0 Å². The molecule has 124 valence electrons. The van der Waals surface area contributed by atoms with Crippen LogP contribution in [0.5, 0.6) is 0 Å². The number of carbonyl (C=O) groups excluding carboxylic acids is 1. The molecular formula is C19H21N3O2. The van der Waals surface area contributed by atoms with E-state index in [-0.39, 0.29) is 18.6 Å². The highest BCUT2D eigenvalue weighted by molar-refractivity contribution is 5.94. The molecule has 24 heavy (non-hydrogen) atoms. The van der Waals surface area contributed by atoms with Crippen molar-refractivity contribution in [1.29, 1.82) is 0 Å². The number of hydrogen-bond donors (Lipinski definition) is 2. The van der Waals surface area contributed by atoms with Gasteiger partial charge in [0.15, 0.2) is 0 Å². The van der Waals surface area contributed by atoms with Crippen LogP contribution in [0.15, 0.2) is 48.5 Å². The molecule has 5 heteroatoms. The van der Waals surface area contributed by atoms with Crippen LogP contribution in [0.2, 0.25) is 0 Å². The molecule has 1 atom stereocenters. The van der Waals surface area contributed by atoms with Gasteiger partial charge in [-0.15, -0.1) is 0 Å². The number of imidazole rings is 1. The Morgan fingerprint density at radius 1 is 1.21 bits per heavy atom. The molecule has 0 saturated heterocycles. The first kappa shape index (κ1) is 16.2. The summed E-state index contributed by atoms with van der Waals surface area (Å²) in [6.07, 6.45) is 0.656. The summed E-state index contributed by atoms with van der Waals surface area (Å²) in [5.74, 6) is 0.740. The summed E-state index contributed by atoms with van der Waals surface area (Å²) in [5.41, 5.74) is 3.53. The number of aliphatic hydroxyl groups excluding tert-OH is 1. The van der Waals surface area contributed by atoms with Crippen LogP contribution in [0.3, 0.4) is 0 Å². The highest BCUT2D eigenvalue weighted by Crippen LogP contribution is 2.29. The molecule has 0 aliphatic carbocycles. The molecule has 1 aromatic heterocycles. The van der Waals surface area contributed by atoms with Gasteiger partial charge in [0.1, 0.15) is 5.82 Å². The molecule has 0 aliphatic heterocycles. The first-order valence-electron chi connectivity index (χ1n) is 8.06. The van der Waals surface area contributed by atoms with E-state index in [0.717, 1.165) is 22.4 Å². The van der Waals surface area contributed by atoms with Crippen molar-refractivity contribution in [2.45, 2.75) is 19.4 Å². The third-order valence-corrected chi connectivity index (χ3v) is 4.22. The van der Waals surface area contributed by atoms with Gasteiger partial charge in [-0.3, -0.25) is 4.79 Å². The smallest absolute Gasteiger partial charge is 0.251 e. The van der Waals surface area contributed by atoms with Gasteiger partial charge in [-0.1, -0.05) is 24.3 Å². The lowest BCUT2D eigenvalue weighted by Crippen LogP contribution is -2.17. The van der Waals surface area contributed by atoms with E-state index in [9.17, 15) is 9.90 Å². The molecule has 2 aromatic carbocycles. The van der Waals surface area contributed by atoms with Crippen molar-refractivity contribution in [2.24, 2.45) is 0 Å². The molecule has 0 saturated carbocycles. The predicted octanol–water partition coefficient (Wildman–Crippen LogP) is 3.01. The summed E-state index contributed by atoms with van der Waals surface area (Å²) < 4.78 is 2.15. The summed E-state index contributed by atoms with van der Waals surface area (Å²) in [7, 11) is 1.62. The number of rotatable bonds is 5. The molecule has 1 unspecified atom stereocenters. The van der Waals surface area contributed by atoms with Gasteiger partial charge in [-0.05, 0) is 37.6 Å². The van der Waals surface area contributed by atoms with E-state index >= 15 is 0 Å². The van der Waals surface area contributed by atoms with E-state index in [0.29, 0.717) is 12.0 Å². The van der Waals surface area contributed by atoms with Crippen molar-refractivity contribution in [1.82, 2.24) is 14.9 Å². The quantitative estimate of drug-likeness (QED) is 0.758. The van der Waals surface area contributed by atoms with Crippen LogP contribution in [0.25, 0.3) is 22.4 Å². The van der Waals surface area contributed by atoms with E-state index < -0.39 is 0 Å². The third kappa shape index (κ3) is 2.90. The van der Waals surface area contributed by atoms with Gasteiger partial charge in [-0.25, -0.2) is 4.98 Å². The van der Waals surface area contributed by atoms with Crippen molar-refractivity contribution < 1.29 is 9.90 Å². The Labute approximate surface area is 141 Å². The monoisotopic (exact) mass is 323 g/mol. The molecule has 0 fully saturated rings. The van der Waals surface area contributed by atoms with Crippen molar-refractivity contribution >= 4 is 16.9 Å². The van der Waals surface area contributed by atoms with Crippen molar-refractivity contribution in [3.8, 4) is 11.4 Å². The predicted molar refractivity (Wildman–Crippen MR) is 95.0 cm³/mol. The Balaban J connectivity index is 2.11. The largest absolute Gasteiger partial charge is 0.396 e. The maximum atomic E-state index is 11.7. The molecule has 0 radical (unpaired) electrons. The number of nitrogens with zero attached hydrogens (tertiary/aromatic N) is 2. The zero-order valence-electron chi connectivity index (χ0n) is 13.9. The zero-order chi connectivity index (χ0) is 17.1. The molecule has 3 aromatic rings. The summed E-state index contributed by atoms with van der Waals surface area (Å²) in [5, 5.41) is 11.9. The molecule has 1 heterocycles. The summed E-state index contributed by atoms with van der Waals surface area (Å²) in [6, 6.07) is 15.5. The van der Waals surface area contributed by atoms with E-state index in [1.807, 2.05) is 36.4 Å². The Morgan fingerprint density at radius 3 is 2.58 bits per heavy atom. The fraction of sp³-hybridized carbons (Fsp3) is 0.263. The molecule has 1 amide bonds. The molecule has 5 nitrogen and oxygen atoms in total. The minimum atomic E-state index is -0.108. The number of fused-ring (bicyclic) bond motifs is 1. The Kier molecular flexibility index (Phi) is 4.62. The van der Waals surface area contributed by atoms with Gasteiger partial charge in [0, 0.05) is 30.8 Å². The number of amides is 1. The molecular weight excluding hydrogens is 302 g/mol.